The van der Waals surface area contributed by atoms with E-state index in [1.807, 2.05) is 27.7 Å². The predicted molar refractivity (Wildman–Crippen MR) is 47.5 cm³/mol. The molecule has 0 aliphatic heterocycles. The van der Waals surface area contributed by atoms with Crippen LogP contribution in [0.5, 0.6) is 0 Å². The Morgan fingerprint density at radius 3 is 1.70 bits per heavy atom. The Morgan fingerprint density at radius 2 is 1.60 bits per heavy atom. The van der Waals surface area contributed by atoms with Gasteiger partial charge in [-0.3, -0.25) is 4.57 Å². The van der Waals surface area contributed by atoms with Crippen LogP contribution < -0.4 is 0 Å². The van der Waals surface area contributed by atoms with Crippen LogP contribution in [0.4, 0.5) is 0 Å². The Hall–Kier alpha value is 1.19. The molecule has 0 spiro atoms. The van der Waals surface area contributed by atoms with Crippen molar-refractivity contribution in [1.29, 1.82) is 0 Å². The van der Waals surface area contributed by atoms with Crippen molar-refractivity contribution in [3.8, 4) is 0 Å². The molecular weight excluding hydrogens is 158 g/mol. The third-order valence-corrected chi connectivity index (χ3v) is 2.47. The van der Waals surface area contributed by atoms with E-state index in [1.54, 1.807) is 0 Å². The Bertz CT molecular complexity index is 104. The first kappa shape index (κ1) is 13.8. The van der Waals surface area contributed by atoms with Crippen LogP contribution in [0.1, 0.15) is 27.7 Å². The minimum atomic E-state index is -1.76. The molecule has 0 aliphatic carbocycles. The molecule has 0 aromatic rings. The molecule has 0 aliphatic rings. The molecule has 0 heterocycles. The van der Waals surface area contributed by atoms with Gasteiger partial charge in [0, 0.05) is 5.66 Å². The molecule has 2 nitrogen and oxygen atoms in total. The third kappa shape index (κ3) is 7.30. The molecule has 0 aromatic carbocycles. The maximum absolute atomic E-state index is 10.9. The summed E-state index contributed by atoms with van der Waals surface area (Å²) in [5.41, 5.74) is 0.178. The average Bonchev–Trinajstić information content (AvgIpc) is 1.63. The fraction of sp³-hybridized carbons (Fsp3) is 1.00. The number of hydrogen-bond acceptors (Lipinski definition) is 2. The van der Waals surface area contributed by atoms with Crippen molar-refractivity contribution in [2.24, 2.45) is 0 Å². The van der Waals surface area contributed by atoms with E-state index in [1.165, 1.54) is 0 Å². The van der Waals surface area contributed by atoms with E-state index in [9.17, 15) is 4.57 Å². The molecule has 1 atom stereocenters. The van der Waals surface area contributed by atoms with Crippen molar-refractivity contribution in [2.75, 3.05) is 0 Å². The van der Waals surface area contributed by atoms with Gasteiger partial charge in [-0.25, -0.2) is 0 Å². The summed E-state index contributed by atoms with van der Waals surface area (Å²) in [6, 6.07) is 0. The van der Waals surface area contributed by atoms with Gasteiger partial charge in [-0.05, 0) is 13.8 Å². The molecule has 0 saturated heterocycles. The second kappa shape index (κ2) is 6.87. The van der Waals surface area contributed by atoms with Crippen LogP contribution in [0.3, 0.4) is 0 Å². The summed E-state index contributed by atoms with van der Waals surface area (Å²) >= 11 is 0. The average molecular weight is 174 g/mol. The zero-order chi connectivity index (χ0) is 7.44. The van der Waals surface area contributed by atoms with E-state index in [-0.39, 0.29) is 41.3 Å². The van der Waals surface area contributed by atoms with E-state index in [4.69, 9.17) is 4.52 Å². The summed E-state index contributed by atoms with van der Waals surface area (Å²) in [6.07, 6.45) is 0.0961. The van der Waals surface area contributed by atoms with Crippen LogP contribution in [0.15, 0.2) is 0 Å². The first-order chi connectivity index (χ1) is 4.04. The van der Waals surface area contributed by atoms with Gasteiger partial charge in [0.05, 0.1) is 6.10 Å². The molecule has 0 N–H and O–H groups in total. The SMILES string of the molecule is CC(C)O[PH](=O)C(C)C.[NaH]. The van der Waals surface area contributed by atoms with Gasteiger partial charge in [-0.1, -0.05) is 13.8 Å². The molecule has 0 fully saturated rings. The van der Waals surface area contributed by atoms with Crippen molar-refractivity contribution < 1.29 is 9.09 Å². The van der Waals surface area contributed by atoms with Crippen LogP contribution in [0.25, 0.3) is 0 Å². The quantitative estimate of drug-likeness (QED) is 0.480. The van der Waals surface area contributed by atoms with Crippen molar-refractivity contribution >= 4 is 37.6 Å². The van der Waals surface area contributed by atoms with E-state index >= 15 is 0 Å². The fourth-order valence-electron chi connectivity index (χ4n) is 0.368. The molecular formula is C6H16NaO2P. The predicted octanol–water partition coefficient (Wildman–Crippen LogP) is 1.65. The van der Waals surface area contributed by atoms with Crippen LogP contribution in [-0.2, 0) is 9.09 Å². The third-order valence-electron chi connectivity index (χ3n) is 0.823. The molecule has 0 radical (unpaired) electrons. The standard InChI is InChI=1S/C6H15O2P.Na.H/c1-5(2)8-9(7)6(3)4;;/h5-6,9H,1-4H3;;. The number of rotatable bonds is 3. The van der Waals surface area contributed by atoms with Crippen molar-refractivity contribution in [3.63, 3.8) is 0 Å². The van der Waals surface area contributed by atoms with E-state index in [0.29, 0.717) is 0 Å². The van der Waals surface area contributed by atoms with Gasteiger partial charge >= 0.3 is 29.6 Å². The van der Waals surface area contributed by atoms with Gasteiger partial charge in [0.2, 0.25) is 0 Å². The van der Waals surface area contributed by atoms with Crippen LogP contribution in [0, 0.1) is 0 Å². The topological polar surface area (TPSA) is 26.3 Å². The fourth-order valence-corrected chi connectivity index (χ4v) is 1.11. The Labute approximate surface area is 85.9 Å². The molecule has 0 bridgehead atoms. The van der Waals surface area contributed by atoms with Gasteiger partial charge in [0.1, 0.15) is 0 Å². The van der Waals surface area contributed by atoms with E-state index < -0.39 is 8.03 Å². The summed E-state index contributed by atoms with van der Waals surface area (Å²) in [5.74, 6) is 0. The Morgan fingerprint density at radius 1 is 1.20 bits per heavy atom. The summed E-state index contributed by atoms with van der Waals surface area (Å²) < 4.78 is 16.0. The molecule has 10 heavy (non-hydrogen) atoms. The van der Waals surface area contributed by atoms with Crippen molar-refractivity contribution in [2.45, 2.75) is 39.5 Å². The van der Waals surface area contributed by atoms with Crippen LogP contribution >= 0.6 is 8.03 Å². The maximum atomic E-state index is 10.9. The van der Waals surface area contributed by atoms with E-state index in [0.717, 1.165) is 0 Å². The monoisotopic (exact) mass is 174 g/mol. The second-order valence-corrected chi connectivity index (χ2v) is 4.67. The summed E-state index contributed by atoms with van der Waals surface area (Å²) in [5, 5.41) is 0. The molecule has 0 amide bonds. The Balaban J connectivity index is 0. The van der Waals surface area contributed by atoms with Gasteiger partial charge in [0.25, 0.3) is 0 Å². The first-order valence-electron chi connectivity index (χ1n) is 3.24. The second-order valence-electron chi connectivity index (χ2n) is 2.64. The van der Waals surface area contributed by atoms with Gasteiger partial charge in [-0.15, -0.1) is 0 Å². The molecule has 1 unspecified atom stereocenters. The molecule has 0 saturated carbocycles. The first-order valence-corrected chi connectivity index (χ1v) is 4.64. The summed E-state index contributed by atoms with van der Waals surface area (Å²) in [6.45, 7) is 7.60. The molecule has 0 rings (SSSR count). The van der Waals surface area contributed by atoms with Gasteiger partial charge in [-0.2, -0.15) is 0 Å². The Kier molecular flexibility index (Phi) is 9.46. The van der Waals surface area contributed by atoms with Crippen molar-refractivity contribution in [1.82, 2.24) is 0 Å². The summed E-state index contributed by atoms with van der Waals surface area (Å²) in [7, 11) is -1.76. The normalized spacial score (nSPS) is 13.4. The summed E-state index contributed by atoms with van der Waals surface area (Å²) in [4.78, 5) is 0. The minimum absolute atomic E-state index is 0. The van der Waals surface area contributed by atoms with Crippen molar-refractivity contribution in [3.05, 3.63) is 0 Å². The molecule has 0 aromatic heterocycles. The zero-order valence-electron chi connectivity index (χ0n) is 6.47. The van der Waals surface area contributed by atoms with E-state index in [2.05, 4.69) is 0 Å². The number of hydrogen-bond donors (Lipinski definition) is 0. The molecule has 4 heteroatoms. The van der Waals surface area contributed by atoms with Gasteiger partial charge < -0.3 is 4.52 Å². The zero-order valence-corrected chi connectivity index (χ0v) is 7.47. The van der Waals surface area contributed by atoms with Gasteiger partial charge in [0.15, 0.2) is 8.03 Å². The van der Waals surface area contributed by atoms with Crippen LogP contribution in [0.2, 0.25) is 0 Å². The van der Waals surface area contributed by atoms with Crippen LogP contribution in [-0.4, -0.2) is 41.3 Å². The molecule has 58 valence electrons.